The van der Waals surface area contributed by atoms with Gasteiger partial charge in [0.15, 0.2) is 0 Å². The lowest BCUT2D eigenvalue weighted by molar-refractivity contribution is 0.516. The molecule has 0 rings (SSSR count). The van der Waals surface area contributed by atoms with Crippen LogP contribution in [-0.4, -0.2) is 8.41 Å². The van der Waals surface area contributed by atoms with E-state index >= 15 is 0 Å². The highest BCUT2D eigenvalue weighted by Gasteiger charge is 1.53. The minimum absolute atomic E-state index is 0. The molecule has 3 nitrogen and oxygen atoms in total. The summed E-state index contributed by atoms with van der Waals surface area (Å²) in [6.07, 6.45) is 0. The minimum Gasteiger partial charge on any atom is -0.224 e. The maximum Gasteiger partial charge on any atom is 0.393 e. The van der Waals surface area contributed by atoms with Crippen LogP contribution < -0.4 is 5.50 Å². The van der Waals surface area contributed by atoms with Crippen LogP contribution in [0.15, 0.2) is 0 Å². The van der Waals surface area contributed by atoms with Crippen molar-refractivity contribution in [2.45, 2.75) is 0 Å². The third-order valence-corrected chi connectivity index (χ3v) is 0. The standard InChI is InChI=1S/BH3.H2NO2P/c;1-4(2)3/h1H3;(H2,1,2,3). The predicted molar refractivity (Wildman–Crippen MR) is 22.4 cm³/mol. The Bertz CT molecular complexity index is 58.0. The molecule has 0 heterocycles. The van der Waals surface area contributed by atoms with Gasteiger partial charge in [-0.2, -0.15) is 0 Å². The maximum absolute atomic E-state index is 8.81. The summed E-state index contributed by atoms with van der Waals surface area (Å²) in [5, 5.41) is 0. The lowest BCUT2D eigenvalue weighted by atomic mass is 10.8. The van der Waals surface area contributed by atoms with Gasteiger partial charge in [-0.25, -0.2) is 14.6 Å². The van der Waals surface area contributed by atoms with Gasteiger partial charge in [-0.1, -0.05) is 0 Å². The van der Waals surface area contributed by atoms with Crippen molar-refractivity contribution in [1.29, 1.82) is 0 Å². The molecule has 0 saturated heterocycles. The zero-order valence-electron chi connectivity index (χ0n) is 1.84. The van der Waals surface area contributed by atoms with E-state index < -0.39 is 7.83 Å². The number of rotatable bonds is 0. The molecule has 0 unspecified atom stereocenters. The molecule has 30 valence electrons. The van der Waals surface area contributed by atoms with Crippen LogP contribution in [0.1, 0.15) is 0 Å². The molecule has 0 fully saturated rings. The number of hydrogen-bond donors (Lipinski definition) is 1. The lowest BCUT2D eigenvalue weighted by Crippen LogP contribution is -1.58. The highest BCUT2D eigenvalue weighted by molar-refractivity contribution is 7.27. The SMILES string of the molecule is B.NP(=O)=O. The minimum atomic E-state index is -2.62. The van der Waals surface area contributed by atoms with Gasteiger partial charge in [0.2, 0.25) is 0 Å². The molecule has 0 aliphatic carbocycles. The summed E-state index contributed by atoms with van der Waals surface area (Å²) in [7, 11) is -2.62. The van der Waals surface area contributed by atoms with Crippen LogP contribution >= 0.6 is 7.83 Å². The second-order valence-electron chi connectivity index (χ2n) is 0.285. The van der Waals surface area contributed by atoms with E-state index in [1.807, 2.05) is 0 Å². The molecular formula is H5BNO2P. The zero-order valence-corrected chi connectivity index (χ0v) is 2.74. The highest BCUT2D eigenvalue weighted by Crippen LogP contribution is 1.76. The maximum atomic E-state index is 8.81. The summed E-state index contributed by atoms with van der Waals surface area (Å²) in [6.45, 7) is 0. The Kier molecular flexibility index (Phi) is 6.96. The Morgan fingerprint density at radius 3 is 1.40 bits per heavy atom. The van der Waals surface area contributed by atoms with Crippen molar-refractivity contribution in [2.24, 2.45) is 5.50 Å². The van der Waals surface area contributed by atoms with Crippen molar-refractivity contribution in [3.63, 3.8) is 0 Å². The van der Waals surface area contributed by atoms with Crippen molar-refractivity contribution < 1.29 is 9.13 Å². The second kappa shape index (κ2) is 3.92. The summed E-state index contributed by atoms with van der Waals surface area (Å²) < 4.78 is 17.6. The Labute approximate surface area is 32.0 Å². The molecule has 0 aliphatic heterocycles. The molecule has 5 heavy (non-hydrogen) atoms. The van der Waals surface area contributed by atoms with Crippen molar-refractivity contribution in [3.05, 3.63) is 0 Å². The van der Waals surface area contributed by atoms with Gasteiger partial charge in [-0.15, -0.1) is 0 Å². The van der Waals surface area contributed by atoms with Gasteiger partial charge in [0.1, 0.15) is 0 Å². The van der Waals surface area contributed by atoms with E-state index in [1.165, 1.54) is 0 Å². The number of nitrogens with two attached hydrogens (primary N) is 1. The van der Waals surface area contributed by atoms with Crippen molar-refractivity contribution in [1.82, 2.24) is 0 Å². The summed E-state index contributed by atoms with van der Waals surface area (Å²) >= 11 is 0. The first-order valence-corrected chi connectivity index (χ1v) is 1.87. The average Bonchev–Trinajstić information content (AvgIpc) is 0.811. The molecule has 0 aromatic carbocycles. The summed E-state index contributed by atoms with van der Waals surface area (Å²) in [5.74, 6) is 0. The molecule has 0 aromatic rings. The average molecular weight is 92.8 g/mol. The first-order valence-electron chi connectivity index (χ1n) is 0.623. The fourth-order valence-electron chi connectivity index (χ4n) is 0. The second-order valence-corrected chi connectivity index (χ2v) is 0.856. The van der Waals surface area contributed by atoms with E-state index in [9.17, 15) is 0 Å². The van der Waals surface area contributed by atoms with Gasteiger partial charge in [-0.3, -0.25) is 0 Å². The first kappa shape index (κ1) is 8.87. The van der Waals surface area contributed by atoms with Crippen molar-refractivity contribution in [2.75, 3.05) is 0 Å². The largest absolute Gasteiger partial charge is 0.393 e. The summed E-state index contributed by atoms with van der Waals surface area (Å²) in [4.78, 5) is 0. The molecular weight excluding hydrogens is 87.8 g/mol. The van der Waals surface area contributed by atoms with E-state index in [1.54, 1.807) is 0 Å². The molecule has 5 heteroatoms. The van der Waals surface area contributed by atoms with E-state index in [2.05, 4.69) is 5.50 Å². The predicted octanol–water partition coefficient (Wildman–Crippen LogP) is -1.15. The van der Waals surface area contributed by atoms with Gasteiger partial charge < -0.3 is 0 Å². The van der Waals surface area contributed by atoms with Crippen molar-refractivity contribution >= 4 is 16.2 Å². The van der Waals surface area contributed by atoms with Gasteiger partial charge >= 0.3 is 7.83 Å². The highest BCUT2D eigenvalue weighted by atomic mass is 31.1. The molecule has 0 spiro atoms. The van der Waals surface area contributed by atoms with Gasteiger partial charge in [0.25, 0.3) is 0 Å². The Hall–Kier alpha value is -0.0751. The topological polar surface area (TPSA) is 60.2 Å². The fourth-order valence-corrected chi connectivity index (χ4v) is 0. The van der Waals surface area contributed by atoms with Crippen LogP contribution in [0, 0.1) is 0 Å². The monoisotopic (exact) mass is 93.0 g/mol. The van der Waals surface area contributed by atoms with Crippen LogP contribution in [0.25, 0.3) is 0 Å². The molecule has 2 N–H and O–H groups in total. The summed E-state index contributed by atoms with van der Waals surface area (Å²) in [6, 6.07) is 0. The molecule has 0 saturated carbocycles. The lowest BCUT2D eigenvalue weighted by Gasteiger charge is -1.36. The van der Waals surface area contributed by atoms with E-state index in [0.717, 1.165) is 0 Å². The van der Waals surface area contributed by atoms with Crippen molar-refractivity contribution in [3.8, 4) is 0 Å². The molecule has 0 atom stereocenters. The Morgan fingerprint density at radius 2 is 1.40 bits per heavy atom. The fraction of sp³-hybridized carbons (Fsp3) is 0. The van der Waals surface area contributed by atoms with Crippen LogP contribution in [0.5, 0.6) is 0 Å². The third-order valence-electron chi connectivity index (χ3n) is 0. The quantitative estimate of drug-likeness (QED) is 0.303. The van der Waals surface area contributed by atoms with E-state index in [-0.39, 0.29) is 8.41 Å². The Morgan fingerprint density at radius 1 is 1.40 bits per heavy atom. The summed E-state index contributed by atoms with van der Waals surface area (Å²) in [5.41, 5.74) is 4.06. The normalized spacial score (nSPS) is 5.00. The molecule has 0 aromatic heterocycles. The Balaban J connectivity index is 0. The number of hydrogen-bond acceptors (Lipinski definition) is 2. The smallest absolute Gasteiger partial charge is 0.224 e. The van der Waals surface area contributed by atoms with Gasteiger partial charge in [-0.05, 0) is 0 Å². The molecule has 0 bridgehead atoms. The zero-order chi connectivity index (χ0) is 3.58. The van der Waals surface area contributed by atoms with Gasteiger partial charge in [0, 0.05) is 0 Å². The molecule has 0 amide bonds. The molecule has 0 radical (unpaired) electrons. The molecule has 0 aliphatic rings. The first-order chi connectivity index (χ1) is 1.73. The van der Waals surface area contributed by atoms with Crippen LogP contribution in [0.2, 0.25) is 0 Å². The van der Waals surface area contributed by atoms with Crippen LogP contribution in [0.3, 0.4) is 0 Å². The van der Waals surface area contributed by atoms with E-state index in [4.69, 9.17) is 9.13 Å². The third kappa shape index (κ3) is 2580. The van der Waals surface area contributed by atoms with E-state index in [0.29, 0.717) is 0 Å². The van der Waals surface area contributed by atoms with Gasteiger partial charge in [0.05, 0.1) is 8.41 Å². The van der Waals surface area contributed by atoms with Crippen LogP contribution in [-0.2, 0) is 9.13 Å². The van der Waals surface area contributed by atoms with Crippen LogP contribution in [0.4, 0.5) is 0 Å².